The summed E-state index contributed by atoms with van der Waals surface area (Å²) in [6.45, 7) is 5.65. The van der Waals surface area contributed by atoms with E-state index in [1.165, 1.54) is 11.8 Å². The SMILES string of the molecule is C.C.C.C.C.C.CCOC(=S)SCC(O)CC(COCCOC)COCCOC. The molecule has 29 heavy (non-hydrogen) atoms. The van der Waals surface area contributed by atoms with Crippen molar-refractivity contribution >= 4 is 28.4 Å². The Morgan fingerprint density at radius 2 is 1.31 bits per heavy atom. The quantitative estimate of drug-likeness (QED) is 0.249. The van der Waals surface area contributed by atoms with Gasteiger partial charge in [0, 0.05) is 25.9 Å². The summed E-state index contributed by atoms with van der Waals surface area (Å²) in [6.07, 6.45) is 0.0993. The molecule has 0 saturated heterocycles. The van der Waals surface area contributed by atoms with Gasteiger partial charge in [-0.1, -0.05) is 56.3 Å². The van der Waals surface area contributed by atoms with Gasteiger partial charge in [0.25, 0.3) is 0 Å². The van der Waals surface area contributed by atoms with Crippen molar-refractivity contribution in [1.82, 2.24) is 0 Å². The summed E-state index contributed by atoms with van der Waals surface area (Å²) in [6, 6.07) is 0. The van der Waals surface area contributed by atoms with Crippen LogP contribution in [0.4, 0.5) is 0 Å². The lowest BCUT2D eigenvalue weighted by Crippen LogP contribution is -2.25. The predicted molar refractivity (Wildman–Crippen MR) is 137 cm³/mol. The van der Waals surface area contributed by atoms with Gasteiger partial charge in [-0.25, -0.2) is 0 Å². The van der Waals surface area contributed by atoms with Gasteiger partial charge in [0.1, 0.15) is 0 Å². The van der Waals surface area contributed by atoms with E-state index >= 15 is 0 Å². The van der Waals surface area contributed by atoms with Gasteiger partial charge >= 0.3 is 0 Å². The lowest BCUT2D eigenvalue weighted by Gasteiger charge is -2.20. The molecule has 1 unspecified atom stereocenters. The molecular formula is C21H54O6S2. The van der Waals surface area contributed by atoms with Crippen LogP contribution in [-0.4, -0.2) is 81.8 Å². The molecule has 0 aliphatic carbocycles. The number of aliphatic hydroxyl groups excluding tert-OH is 1. The fourth-order valence-electron chi connectivity index (χ4n) is 1.75. The number of thioether (sulfide) groups is 1. The molecule has 6 nitrogen and oxygen atoms in total. The minimum atomic E-state index is -0.486. The average molecular weight is 467 g/mol. The van der Waals surface area contributed by atoms with E-state index in [0.29, 0.717) is 62.8 Å². The molecule has 0 amide bonds. The zero-order valence-electron chi connectivity index (χ0n) is 14.3. The largest absolute Gasteiger partial charge is 0.479 e. The molecule has 1 atom stereocenters. The molecule has 0 aliphatic heterocycles. The highest BCUT2D eigenvalue weighted by atomic mass is 32.2. The molecule has 0 aromatic rings. The maximum absolute atomic E-state index is 10.1. The standard InChI is InChI=1S/C15H30O6S2.6CH4/c1-4-21-15(22)23-12-14(16)9-13(10-19-7-5-17-2)11-20-8-6-18-3;;;;;;/h13-14,16H,4-12H2,1-3H3;6*1H4. The van der Waals surface area contributed by atoms with E-state index in [4.69, 9.17) is 35.9 Å². The maximum Gasteiger partial charge on any atom is 0.220 e. The van der Waals surface area contributed by atoms with Gasteiger partial charge in [-0.2, -0.15) is 0 Å². The Kier molecular flexibility index (Phi) is 57.5. The Balaban J connectivity index is -0.000000161. The lowest BCUT2D eigenvalue weighted by molar-refractivity contribution is -0.00524. The van der Waals surface area contributed by atoms with E-state index < -0.39 is 6.10 Å². The molecule has 0 fully saturated rings. The third kappa shape index (κ3) is 32.9. The van der Waals surface area contributed by atoms with E-state index in [0.717, 1.165) is 0 Å². The Morgan fingerprint density at radius 1 is 0.862 bits per heavy atom. The predicted octanol–water partition coefficient (Wildman–Crippen LogP) is 5.55. The molecule has 0 saturated carbocycles. The van der Waals surface area contributed by atoms with Crippen LogP contribution in [0.15, 0.2) is 0 Å². The molecular weight excluding hydrogens is 412 g/mol. The van der Waals surface area contributed by atoms with Crippen LogP contribution in [0.2, 0.25) is 0 Å². The number of hydrogen-bond donors (Lipinski definition) is 1. The molecule has 0 spiro atoms. The highest BCUT2D eigenvalue weighted by Crippen LogP contribution is 2.15. The van der Waals surface area contributed by atoms with Crippen molar-refractivity contribution in [2.24, 2.45) is 5.92 Å². The Morgan fingerprint density at radius 3 is 1.69 bits per heavy atom. The summed E-state index contributed by atoms with van der Waals surface area (Å²) < 4.78 is 26.7. The molecule has 1 N–H and O–H groups in total. The zero-order chi connectivity index (χ0) is 17.3. The molecule has 0 aromatic heterocycles. The third-order valence-corrected chi connectivity index (χ3v) is 4.21. The van der Waals surface area contributed by atoms with Gasteiger partial charge in [-0.3, -0.25) is 0 Å². The van der Waals surface area contributed by atoms with Crippen molar-refractivity contribution in [1.29, 1.82) is 0 Å². The van der Waals surface area contributed by atoms with Crippen LogP contribution in [0, 0.1) is 5.92 Å². The first-order valence-electron chi connectivity index (χ1n) is 7.74. The summed E-state index contributed by atoms with van der Waals surface area (Å²) in [5.41, 5.74) is 0. The number of aliphatic hydroxyl groups is 1. The molecule has 8 heteroatoms. The van der Waals surface area contributed by atoms with Crippen LogP contribution in [0.3, 0.4) is 0 Å². The van der Waals surface area contributed by atoms with Crippen molar-refractivity contribution in [3.05, 3.63) is 0 Å². The molecule has 0 radical (unpaired) electrons. The second-order valence-electron chi connectivity index (χ2n) is 4.88. The topological polar surface area (TPSA) is 66.4 Å². The van der Waals surface area contributed by atoms with Crippen LogP contribution in [-0.2, 0) is 23.7 Å². The van der Waals surface area contributed by atoms with Crippen LogP contribution in [0.25, 0.3) is 0 Å². The van der Waals surface area contributed by atoms with Crippen molar-refractivity contribution in [2.75, 3.05) is 66.2 Å². The molecule has 0 bridgehead atoms. The molecule has 0 aromatic carbocycles. The Hall–Kier alpha value is 0.0400. The number of methoxy groups -OCH3 is 2. The highest BCUT2D eigenvalue weighted by molar-refractivity contribution is 8.22. The summed E-state index contributed by atoms with van der Waals surface area (Å²) in [4.78, 5) is 0. The van der Waals surface area contributed by atoms with Crippen LogP contribution >= 0.6 is 24.0 Å². The van der Waals surface area contributed by atoms with Gasteiger partial charge in [-0.15, -0.1) is 0 Å². The summed E-state index contributed by atoms with van der Waals surface area (Å²) in [7, 11) is 3.27. The smallest absolute Gasteiger partial charge is 0.220 e. The number of hydrogen-bond acceptors (Lipinski definition) is 8. The van der Waals surface area contributed by atoms with Crippen molar-refractivity contribution < 1.29 is 28.8 Å². The first-order chi connectivity index (χ1) is 11.1. The summed E-state index contributed by atoms with van der Waals surface area (Å²) >= 11 is 6.39. The van der Waals surface area contributed by atoms with E-state index in [2.05, 4.69) is 0 Å². The fourth-order valence-corrected chi connectivity index (χ4v) is 2.73. The van der Waals surface area contributed by atoms with Crippen molar-refractivity contribution in [2.45, 2.75) is 64.0 Å². The summed E-state index contributed by atoms with van der Waals surface area (Å²) in [5, 5.41) is 10.1. The fraction of sp³-hybridized carbons (Fsp3) is 0.952. The van der Waals surface area contributed by atoms with E-state index in [9.17, 15) is 5.11 Å². The van der Waals surface area contributed by atoms with Gasteiger partial charge in [-0.05, 0) is 25.6 Å². The minimum absolute atomic E-state index is 0. The van der Waals surface area contributed by atoms with Gasteiger partial charge in [0.05, 0.1) is 52.4 Å². The lowest BCUT2D eigenvalue weighted by atomic mass is 10.0. The van der Waals surface area contributed by atoms with Crippen molar-refractivity contribution in [3.63, 3.8) is 0 Å². The van der Waals surface area contributed by atoms with E-state index in [-0.39, 0.29) is 50.5 Å². The Bertz CT molecular complexity index is 272. The first kappa shape index (κ1) is 47.0. The second-order valence-corrected chi connectivity index (χ2v) is 6.51. The number of ether oxygens (including phenoxy) is 5. The summed E-state index contributed by atoms with van der Waals surface area (Å²) in [5.74, 6) is 0.617. The normalized spacial score (nSPS) is 9.97. The second kappa shape index (κ2) is 35.5. The maximum atomic E-state index is 10.1. The van der Waals surface area contributed by atoms with Crippen molar-refractivity contribution in [3.8, 4) is 0 Å². The average Bonchev–Trinajstić information content (AvgIpc) is 2.53. The van der Waals surface area contributed by atoms with E-state index in [1.807, 2.05) is 6.92 Å². The minimum Gasteiger partial charge on any atom is -0.479 e. The van der Waals surface area contributed by atoms with Crippen LogP contribution in [0.5, 0.6) is 0 Å². The molecule has 186 valence electrons. The monoisotopic (exact) mass is 466 g/mol. The first-order valence-corrected chi connectivity index (χ1v) is 9.14. The molecule has 0 rings (SSSR count). The van der Waals surface area contributed by atoms with Gasteiger partial charge in [0.15, 0.2) is 0 Å². The zero-order valence-corrected chi connectivity index (χ0v) is 16.0. The number of thiocarbonyl (C=S) groups is 1. The van der Waals surface area contributed by atoms with Gasteiger partial charge < -0.3 is 28.8 Å². The highest BCUT2D eigenvalue weighted by Gasteiger charge is 2.16. The third-order valence-electron chi connectivity index (χ3n) is 2.83. The van der Waals surface area contributed by atoms with E-state index in [1.54, 1.807) is 14.2 Å². The Labute approximate surface area is 193 Å². The van der Waals surface area contributed by atoms with Gasteiger partial charge in [0.2, 0.25) is 4.38 Å². The number of rotatable bonds is 15. The molecule has 0 heterocycles. The van der Waals surface area contributed by atoms with Crippen LogP contribution in [0.1, 0.15) is 57.9 Å². The molecule has 0 aliphatic rings. The van der Waals surface area contributed by atoms with Crippen LogP contribution < -0.4 is 0 Å².